The first-order valence-electron chi connectivity index (χ1n) is 5.96. The van der Waals surface area contributed by atoms with Crippen LogP contribution in [0.4, 0.5) is 4.39 Å². The molecule has 1 rings (SSSR count). The molecule has 1 atom stereocenters. The number of likely N-dealkylation sites (N-methyl/N-ethyl adjacent to an activating group) is 1. The molecular formula is C13H20FN3O. The first-order valence-corrected chi connectivity index (χ1v) is 5.96. The smallest absolute Gasteiger partial charge is 0.241 e. The van der Waals surface area contributed by atoms with Crippen LogP contribution in [-0.2, 0) is 4.79 Å². The minimum atomic E-state index is -0.414. The SMILES string of the molecule is CN(C)[C@H](C(=O)NCCCN)c1ccc(F)cc1. The molecule has 1 aromatic carbocycles. The van der Waals surface area contributed by atoms with E-state index >= 15 is 0 Å². The molecule has 0 saturated carbocycles. The number of hydrogen-bond acceptors (Lipinski definition) is 3. The Morgan fingerprint density at radius 2 is 2.00 bits per heavy atom. The van der Waals surface area contributed by atoms with E-state index in [1.54, 1.807) is 17.0 Å². The summed E-state index contributed by atoms with van der Waals surface area (Å²) in [7, 11) is 3.63. The quantitative estimate of drug-likeness (QED) is 0.740. The molecule has 0 bridgehead atoms. The van der Waals surface area contributed by atoms with Crippen molar-refractivity contribution in [3.63, 3.8) is 0 Å². The number of nitrogens with two attached hydrogens (primary N) is 1. The van der Waals surface area contributed by atoms with Gasteiger partial charge in [0.25, 0.3) is 0 Å². The van der Waals surface area contributed by atoms with Gasteiger partial charge in [0, 0.05) is 6.54 Å². The summed E-state index contributed by atoms with van der Waals surface area (Å²) >= 11 is 0. The van der Waals surface area contributed by atoms with E-state index in [0.717, 1.165) is 12.0 Å². The number of nitrogens with zero attached hydrogens (tertiary/aromatic N) is 1. The molecule has 100 valence electrons. The maximum absolute atomic E-state index is 12.9. The summed E-state index contributed by atoms with van der Waals surface area (Å²) in [6, 6.07) is 5.56. The Bertz CT molecular complexity index is 378. The predicted octanol–water partition coefficient (Wildman–Crippen LogP) is 0.893. The molecule has 4 nitrogen and oxygen atoms in total. The van der Waals surface area contributed by atoms with Crippen LogP contribution in [0.15, 0.2) is 24.3 Å². The molecule has 0 heterocycles. The maximum atomic E-state index is 12.9. The van der Waals surface area contributed by atoms with Crippen molar-refractivity contribution < 1.29 is 9.18 Å². The van der Waals surface area contributed by atoms with Crippen LogP contribution in [0, 0.1) is 5.82 Å². The number of benzene rings is 1. The summed E-state index contributed by atoms with van der Waals surface area (Å²) in [6.45, 7) is 1.10. The van der Waals surface area contributed by atoms with Crippen LogP contribution in [0.25, 0.3) is 0 Å². The standard InChI is InChI=1S/C13H20FN3O/c1-17(2)12(13(18)16-9-3-8-15)10-4-6-11(14)7-5-10/h4-7,12H,3,8-9,15H2,1-2H3,(H,16,18)/t12-/m0/s1. The highest BCUT2D eigenvalue weighted by molar-refractivity contribution is 5.83. The maximum Gasteiger partial charge on any atom is 0.241 e. The van der Waals surface area contributed by atoms with Gasteiger partial charge < -0.3 is 11.1 Å². The van der Waals surface area contributed by atoms with Gasteiger partial charge in [-0.3, -0.25) is 9.69 Å². The largest absolute Gasteiger partial charge is 0.354 e. The average Bonchev–Trinajstić information content (AvgIpc) is 2.32. The van der Waals surface area contributed by atoms with Gasteiger partial charge in [0.2, 0.25) is 5.91 Å². The molecule has 1 amide bonds. The number of carbonyl (C=O) groups is 1. The Morgan fingerprint density at radius 3 is 2.50 bits per heavy atom. The highest BCUT2D eigenvalue weighted by Crippen LogP contribution is 2.18. The molecule has 0 spiro atoms. The van der Waals surface area contributed by atoms with Crippen LogP contribution in [0.3, 0.4) is 0 Å². The number of halogens is 1. The Labute approximate surface area is 107 Å². The lowest BCUT2D eigenvalue weighted by Crippen LogP contribution is -2.37. The molecule has 0 aliphatic heterocycles. The van der Waals surface area contributed by atoms with Gasteiger partial charge in [0.05, 0.1) is 0 Å². The second-order valence-corrected chi connectivity index (χ2v) is 4.35. The highest BCUT2D eigenvalue weighted by Gasteiger charge is 2.22. The average molecular weight is 253 g/mol. The van der Waals surface area contributed by atoms with Crippen molar-refractivity contribution in [1.82, 2.24) is 10.2 Å². The number of rotatable bonds is 6. The zero-order valence-corrected chi connectivity index (χ0v) is 10.8. The fraction of sp³-hybridized carbons (Fsp3) is 0.462. The molecule has 0 aromatic heterocycles. The molecule has 18 heavy (non-hydrogen) atoms. The third-order valence-corrected chi connectivity index (χ3v) is 2.63. The fourth-order valence-electron chi connectivity index (χ4n) is 1.74. The molecule has 3 N–H and O–H groups in total. The van der Waals surface area contributed by atoms with E-state index in [0.29, 0.717) is 13.1 Å². The molecule has 0 radical (unpaired) electrons. The van der Waals surface area contributed by atoms with Gasteiger partial charge in [-0.25, -0.2) is 4.39 Å². The van der Waals surface area contributed by atoms with Crippen molar-refractivity contribution >= 4 is 5.91 Å². The van der Waals surface area contributed by atoms with E-state index in [1.165, 1.54) is 12.1 Å². The topological polar surface area (TPSA) is 58.4 Å². The number of hydrogen-bond donors (Lipinski definition) is 2. The van der Waals surface area contributed by atoms with Crippen molar-refractivity contribution in [2.45, 2.75) is 12.5 Å². The molecule has 5 heteroatoms. The Balaban J connectivity index is 2.76. The lowest BCUT2D eigenvalue weighted by Gasteiger charge is -2.23. The van der Waals surface area contributed by atoms with Crippen LogP contribution in [0.1, 0.15) is 18.0 Å². The Hall–Kier alpha value is -1.46. The zero-order valence-electron chi connectivity index (χ0n) is 10.8. The minimum Gasteiger partial charge on any atom is -0.354 e. The van der Waals surface area contributed by atoms with E-state index in [2.05, 4.69) is 5.32 Å². The first kappa shape index (κ1) is 14.6. The van der Waals surface area contributed by atoms with Gasteiger partial charge in [-0.05, 0) is 44.8 Å². The molecule has 0 unspecified atom stereocenters. The lowest BCUT2D eigenvalue weighted by molar-refractivity contribution is -0.125. The van der Waals surface area contributed by atoms with E-state index in [4.69, 9.17) is 5.73 Å². The van der Waals surface area contributed by atoms with Gasteiger partial charge in [0.15, 0.2) is 0 Å². The second-order valence-electron chi connectivity index (χ2n) is 4.35. The molecule has 0 saturated heterocycles. The van der Waals surface area contributed by atoms with Gasteiger partial charge in [-0.1, -0.05) is 12.1 Å². The van der Waals surface area contributed by atoms with Crippen LogP contribution in [0.5, 0.6) is 0 Å². The van der Waals surface area contributed by atoms with Gasteiger partial charge in [0.1, 0.15) is 11.9 Å². The van der Waals surface area contributed by atoms with Crippen molar-refractivity contribution in [3.8, 4) is 0 Å². The molecular weight excluding hydrogens is 233 g/mol. The van der Waals surface area contributed by atoms with Crippen molar-refractivity contribution in [1.29, 1.82) is 0 Å². The summed E-state index contributed by atoms with van der Waals surface area (Å²) in [5.74, 6) is -0.403. The molecule has 0 fully saturated rings. The highest BCUT2D eigenvalue weighted by atomic mass is 19.1. The van der Waals surface area contributed by atoms with Gasteiger partial charge in [-0.15, -0.1) is 0 Å². The Kier molecular flexibility index (Phi) is 5.74. The van der Waals surface area contributed by atoms with Crippen LogP contribution < -0.4 is 11.1 Å². The van der Waals surface area contributed by atoms with Crippen molar-refractivity contribution in [2.75, 3.05) is 27.2 Å². The van der Waals surface area contributed by atoms with Crippen molar-refractivity contribution in [3.05, 3.63) is 35.6 Å². The number of carbonyl (C=O) groups excluding carboxylic acids is 1. The van der Waals surface area contributed by atoms with Crippen LogP contribution in [-0.4, -0.2) is 38.0 Å². The molecule has 1 aromatic rings. The number of nitrogens with one attached hydrogen (secondary N) is 1. The fourth-order valence-corrected chi connectivity index (χ4v) is 1.74. The third kappa shape index (κ3) is 4.09. The summed E-state index contributed by atoms with van der Waals surface area (Å²) < 4.78 is 12.9. The third-order valence-electron chi connectivity index (χ3n) is 2.63. The summed E-state index contributed by atoms with van der Waals surface area (Å²) in [4.78, 5) is 13.9. The summed E-state index contributed by atoms with van der Waals surface area (Å²) in [6.07, 6.45) is 0.745. The number of amides is 1. The van der Waals surface area contributed by atoms with E-state index < -0.39 is 6.04 Å². The molecule has 0 aliphatic rings. The van der Waals surface area contributed by atoms with Crippen LogP contribution >= 0.6 is 0 Å². The van der Waals surface area contributed by atoms with E-state index in [-0.39, 0.29) is 11.7 Å². The Morgan fingerprint density at radius 1 is 1.39 bits per heavy atom. The second kappa shape index (κ2) is 7.08. The van der Waals surface area contributed by atoms with Gasteiger partial charge >= 0.3 is 0 Å². The van der Waals surface area contributed by atoms with E-state index in [1.807, 2.05) is 14.1 Å². The first-order chi connectivity index (χ1) is 8.56. The zero-order chi connectivity index (χ0) is 13.5. The predicted molar refractivity (Wildman–Crippen MR) is 69.5 cm³/mol. The van der Waals surface area contributed by atoms with Crippen molar-refractivity contribution in [2.24, 2.45) is 5.73 Å². The monoisotopic (exact) mass is 253 g/mol. The van der Waals surface area contributed by atoms with E-state index in [9.17, 15) is 9.18 Å². The summed E-state index contributed by atoms with van der Waals surface area (Å²) in [5, 5.41) is 2.82. The van der Waals surface area contributed by atoms with Crippen LogP contribution in [0.2, 0.25) is 0 Å². The minimum absolute atomic E-state index is 0.0972. The normalized spacial score (nSPS) is 12.5. The summed E-state index contributed by atoms with van der Waals surface area (Å²) in [5.41, 5.74) is 6.15. The van der Waals surface area contributed by atoms with Gasteiger partial charge in [-0.2, -0.15) is 0 Å². The molecule has 0 aliphatic carbocycles. The lowest BCUT2D eigenvalue weighted by atomic mass is 10.1.